The fourth-order valence-electron chi connectivity index (χ4n) is 2.19. The van der Waals surface area contributed by atoms with Gasteiger partial charge in [-0.2, -0.15) is 13.2 Å². The first-order valence-electron chi connectivity index (χ1n) is 7.12. The molecule has 130 valence electrons. The molecular weight excluding hydrogens is 337 g/mol. The van der Waals surface area contributed by atoms with E-state index in [1.54, 1.807) is 19.1 Å². The molecule has 10 heteroatoms. The normalized spacial score (nSPS) is 11.7. The average molecular weight is 351 g/mol. The lowest BCUT2D eigenvalue weighted by atomic mass is 10.1. The van der Waals surface area contributed by atoms with Crippen LogP contribution in [0.3, 0.4) is 0 Å². The van der Waals surface area contributed by atoms with E-state index < -0.39 is 17.3 Å². The molecule has 0 saturated heterocycles. The maximum Gasteiger partial charge on any atom is 0.479 e. The second-order valence-corrected chi connectivity index (χ2v) is 5.50. The Hall–Kier alpha value is -3.17. The predicted molar refractivity (Wildman–Crippen MR) is 84.8 cm³/mol. The molecule has 2 heterocycles. The minimum Gasteiger partial charge on any atom is -0.275 e. The number of benzene rings is 1. The number of hydrazone groups is 1. The molecule has 1 N–H and O–H groups in total. The Kier molecular flexibility index (Phi) is 3.82. The van der Waals surface area contributed by atoms with Gasteiger partial charge in [-0.15, -0.1) is 9.20 Å². The van der Waals surface area contributed by atoms with E-state index in [1.165, 1.54) is 27.5 Å². The highest BCUT2D eigenvalue weighted by Crippen LogP contribution is 2.31. The van der Waals surface area contributed by atoms with Crippen molar-refractivity contribution in [3.63, 3.8) is 0 Å². The van der Waals surface area contributed by atoms with Crippen molar-refractivity contribution in [2.75, 3.05) is 14.1 Å². The number of fused-ring (bicyclic) bond motifs is 1. The van der Waals surface area contributed by atoms with E-state index in [9.17, 15) is 18.0 Å². The fourth-order valence-corrected chi connectivity index (χ4v) is 2.19. The number of rotatable bonds is 3. The van der Waals surface area contributed by atoms with Crippen molar-refractivity contribution in [3.8, 4) is 11.1 Å². The van der Waals surface area contributed by atoms with Crippen LogP contribution in [0, 0.1) is 0 Å². The number of hydrogen-bond acceptors (Lipinski definition) is 4. The van der Waals surface area contributed by atoms with Crippen LogP contribution < -0.4 is 5.56 Å². The van der Waals surface area contributed by atoms with Crippen molar-refractivity contribution in [1.82, 2.24) is 24.6 Å². The summed E-state index contributed by atoms with van der Waals surface area (Å²) >= 11 is 0. The molecule has 2 aromatic heterocycles. The Morgan fingerprint density at radius 2 is 2.04 bits per heavy atom. The van der Waals surface area contributed by atoms with Crippen LogP contribution >= 0.6 is 0 Å². The number of hydrogen-bond donors (Lipinski definition) is 1. The van der Waals surface area contributed by atoms with Gasteiger partial charge < -0.3 is 0 Å². The summed E-state index contributed by atoms with van der Waals surface area (Å²) in [5.41, 5.74) is -1.21. The van der Waals surface area contributed by atoms with Gasteiger partial charge in [0.05, 0.1) is 24.0 Å². The smallest absolute Gasteiger partial charge is 0.275 e. The molecular formula is C15H14F3N6O+. The van der Waals surface area contributed by atoms with Gasteiger partial charge in [0.25, 0.3) is 5.56 Å². The van der Waals surface area contributed by atoms with E-state index in [0.717, 1.165) is 12.1 Å². The van der Waals surface area contributed by atoms with Crippen molar-refractivity contribution in [1.29, 1.82) is 0 Å². The van der Waals surface area contributed by atoms with Crippen molar-refractivity contribution in [3.05, 3.63) is 46.4 Å². The molecule has 3 aromatic rings. The lowest BCUT2D eigenvalue weighted by molar-refractivity contribution is -0.607. The van der Waals surface area contributed by atoms with Crippen LogP contribution in [-0.2, 0) is 6.18 Å². The second kappa shape index (κ2) is 5.72. The molecule has 0 bridgehead atoms. The Morgan fingerprint density at radius 3 is 2.68 bits per heavy atom. The standard InChI is InChI=1S/C15H13F3N6O/c1-22(2)23(3)14-20-13-19-12(25)11(8-24(13)21-14)9-5-4-6-10(7-9)15(16,17)18/h4-8H,3H2,1-2H3/p+1. The molecule has 7 nitrogen and oxygen atoms in total. The molecule has 25 heavy (non-hydrogen) atoms. The summed E-state index contributed by atoms with van der Waals surface area (Å²) < 4.78 is 41.3. The number of hydrazine groups is 1. The lowest BCUT2D eigenvalue weighted by Crippen LogP contribution is -2.22. The monoisotopic (exact) mass is 351 g/mol. The van der Waals surface area contributed by atoms with Gasteiger partial charge in [0, 0.05) is 19.2 Å². The third-order valence-electron chi connectivity index (χ3n) is 3.56. The molecule has 0 fully saturated rings. The van der Waals surface area contributed by atoms with Crippen LogP contribution in [-0.4, -0.2) is 50.1 Å². The first kappa shape index (κ1) is 16.7. The zero-order valence-corrected chi connectivity index (χ0v) is 13.4. The van der Waals surface area contributed by atoms with Gasteiger partial charge in [0.2, 0.25) is 0 Å². The van der Waals surface area contributed by atoms with E-state index in [-0.39, 0.29) is 22.9 Å². The molecule has 0 radical (unpaired) electrons. The summed E-state index contributed by atoms with van der Waals surface area (Å²) in [6, 6.07) is 4.54. The molecule has 0 aliphatic rings. The average Bonchev–Trinajstić information content (AvgIpc) is 2.95. The number of H-pyrrole nitrogens is 1. The minimum absolute atomic E-state index is 0.0514. The molecule has 0 unspecified atom stereocenters. The zero-order valence-electron chi connectivity index (χ0n) is 13.4. The second-order valence-electron chi connectivity index (χ2n) is 5.50. The Bertz CT molecular complexity index is 1020. The largest absolute Gasteiger partial charge is 0.479 e. The molecule has 3 rings (SSSR count). The van der Waals surface area contributed by atoms with Crippen molar-refractivity contribution in [2.24, 2.45) is 0 Å². The van der Waals surface area contributed by atoms with Gasteiger partial charge >= 0.3 is 17.9 Å². The maximum absolute atomic E-state index is 12.9. The Labute approximate surface area is 139 Å². The quantitative estimate of drug-likeness (QED) is 0.445. The summed E-state index contributed by atoms with van der Waals surface area (Å²) in [5, 5.41) is 5.79. The number of halogens is 3. The first-order valence-corrected chi connectivity index (χ1v) is 7.12. The third kappa shape index (κ3) is 3.10. The maximum atomic E-state index is 12.9. The number of alkyl halides is 3. The molecule has 0 aliphatic heterocycles. The van der Waals surface area contributed by atoms with Gasteiger partial charge in [-0.1, -0.05) is 12.1 Å². The highest BCUT2D eigenvalue weighted by Gasteiger charge is 2.30. The van der Waals surface area contributed by atoms with Gasteiger partial charge in [0.1, 0.15) is 0 Å². The van der Waals surface area contributed by atoms with Crippen LogP contribution in [0.1, 0.15) is 5.56 Å². The predicted octanol–water partition coefficient (Wildman–Crippen LogP) is 1.92. The van der Waals surface area contributed by atoms with Gasteiger partial charge in [-0.25, -0.2) is 0 Å². The summed E-state index contributed by atoms with van der Waals surface area (Å²) in [7, 11) is 3.46. The van der Waals surface area contributed by atoms with Crippen LogP contribution in [0.2, 0.25) is 0 Å². The summed E-state index contributed by atoms with van der Waals surface area (Å²) in [4.78, 5) is 18.9. The number of aromatic nitrogens is 4. The van der Waals surface area contributed by atoms with E-state index in [2.05, 4.69) is 21.8 Å². The molecule has 0 aliphatic carbocycles. The third-order valence-corrected chi connectivity index (χ3v) is 3.56. The van der Waals surface area contributed by atoms with E-state index in [1.807, 2.05) is 0 Å². The Balaban J connectivity index is 2.13. The van der Waals surface area contributed by atoms with E-state index in [4.69, 9.17) is 0 Å². The SMILES string of the molecule is C=[N+](c1nc2[nH]c(=O)c(-c3cccc(C(F)(F)F)c3)cn2n1)N(C)C. The van der Waals surface area contributed by atoms with Crippen LogP contribution in [0.4, 0.5) is 19.1 Å². The number of aromatic amines is 1. The van der Waals surface area contributed by atoms with Gasteiger partial charge in [0.15, 0.2) is 0 Å². The highest BCUT2D eigenvalue weighted by atomic mass is 19.4. The molecule has 1 aromatic carbocycles. The van der Waals surface area contributed by atoms with Gasteiger partial charge in [-0.3, -0.25) is 14.8 Å². The topological polar surface area (TPSA) is 69.3 Å². The van der Waals surface area contributed by atoms with Gasteiger partial charge in [-0.05, 0) is 22.7 Å². The lowest BCUT2D eigenvalue weighted by Gasteiger charge is -2.08. The van der Waals surface area contributed by atoms with Crippen LogP contribution in [0.25, 0.3) is 16.9 Å². The first-order chi connectivity index (χ1) is 11.7. The van der Waals surface area contributed by atoms with E-state index in [0.29, 0.717) is 0 Å². The fraction of sp³-hybridized carbons (Fsp3) is 0.200. The van der Waals surface area contributed by atoms with Crippen LogP contribution in [0.15, 0.2) is 35.3 Å². The minimum atomic E-state index is -4.49. The molecule has 0 saturated carbocycles. The summed E-state index contributed by atoms with van der Waals surface area (Å²) in [5.74, 6) is 0.382. The van der Waals surface area contributed by atoms with Crippen molar-refractivity contribution >= 4 is 18.4 Å². The highest BCUT2D eigenvalue weighted by molar-refractivity contribution is 5.63. The van der Waals surface area contributed by atoms with E-state index >= 15 is 0 Å². The zero-order chi connectivity index (χ0) is 18.4. The molecule has 0 spiro atoms. The number of nitrogens with zero attached hydrogens (tertiary/aromatic N) is 5. The molecule has 0 amide bonds. The van der Waals surface area contributed by atoms with Crippen molar-refractivity contribution < 1.29 is 17.9 Å². The molecule has 0 atom stereocenters. The van der Waals surface area contributed by atoms with Crippen LogP contribution in [0.5, 0.6) is 0 Å². The summed E-state index contributed by atoms with van der Waals surface area (Å²) in [6.07, 6.45) is -3.16. The summed E-state index contributed by atoms with van der Waals surface area (Å²) in [6.45, 7) is 3.75. The van der Waals surface area contributed by atoms with Crippen molar-refractivity contribution in [2.45, 2.75) is 6.18 Å². The number of nitrogens with one attached hydrogen (secondary N) is 1. The Morgan fingerprint density at radius 1 is 1.32 bits per heavy atom.